The molecule has 0 N–H and O–H groups in total. The summed E-state index contributed by atoms with van der Waals surface area (Å²) in [6.45, 7) is 2.52. The number of likely N-dealkylation sites (tertiary alicyclic amines) is 1. The molecular weight excluding hydrogens is 288 g/mol. The van der Waals surface area contributed by atoms with E-state index < -0.39 is 0 Å². The summed E-state index contributed by atoms with van der Waals surface area (Å²) in [5.41, 5.74) is 1.49. The Balaban J connectivity index is 1.53. The molecular formula is C19H22N2O2. The zero-order valence-electron chi connectivity index (χ0n) is 13.3. The lowest BCUT2D eigenvalue weighted by Gasteiger charge is -2.33. The highest BCUT2D eigenvalue weighted by molar-refractivity contribution is 5.91. The minimum absolute atomic E-state index is 0.0538. The summed E-state index contributed by atoms with van der Waals surface area (Å²) in [7, 11) is 0. The second-order valence-electron chi connectivity index (χ2n) is 6.28. The Morgan fingerprint density at radius 2 is 2.13 bits per heavy atom. The Hall–Kier alpha value is -2.12. The van der Waals surface area contributed by atoms with Crippen molar-refractivity contribution in [2.45, 2.75) is 31.8 Å². The average molecular weight is 310 g/mol. The number of hydrogen-bond donors (Lipinski definition) is 0. The van der Waals surface area contributed by atoms with Crippen molar-refractivity contribution < 1.29 is 9.53 Å². The van der Waals surface area contributed by atoms with Crippen LogP contribution in [0, 0.1) is 17.2 Å². The molecule has 1 unspecified atom stereocenters. The van der Waals surface area contributed by atoms with Gasteiger partial charge in [0.25, 0.3) is 0 Å². The van der Waals surface area contributed by atoms with Crippen LogP contribution in [-0.4, -0.2) is 36.6 Å². The van der Waals surface area contributed by atoms with Crippen LogP contribution in [0.1, 0.15) is 36.8 Å². The monoisotopic (exact) mass is 310 g/mol. The van der Waals surface area contributed by atoms with Crippen LogP contribution in [0.5, 0.6) is 0 Å². The first kappa shape index (κ1) is 15.8. The maximum atomic E-state index is 12.3. The molecule has 1 atom stereocenters. The third-order valence-electron chi connectivity index (χ3n) is 4.78. The van der Waals surface area contributed by atoms with Crippen molar-refractivity contribution in [1.29, 1.82) is 5.26 Å². The van der Waals surface area contributed by atoms with Crippen molar-refractivity contribution in [3.05, 3.63) is 41.5 Å². The molecule has 120 valence electrons. The molecule has 2 fully saturated rings. The predicted octanol–water partition coefficient (Wildman–Crippen LogP) is 2.99. The number of nitriles is 1. The lowest BCUT2D eigenvalue weighted by Crippen LogP contribution is -2.40. The highest BCUT2D eigenvalue weighted by Gasteiger charge is 2.30. The second-order valence-corrected chi connectivity index (χ2v) is 6.28. The summed E-state index contributed by atoms with van der Waals surface area (Å²) < 4.78 is 5.77. The molecule has 0 saturated carbocycles. The first-order chi connectivity index (χ1) is 11.3. The molecule has 0 radical (unpaired) electrons. The van der Waals surface area contributed by atoms with E-state index in [1.54, 1.807) is 24.3 Å². The Morgan fingerprint density at radius 1 is 1.30 bits per heavy atom. The zero-order chi connectivity index (χ0) is 16.1. The molecule has 0 bridgehead atoms. The third kappa shape index (κ3) is 4.00. The van der Waals surface area contributed by atoms with Crippen LogP contribution in [0.3, 0.4) is 0 Å². The molecule has 1 aromatic rings. The second kappa shape index (κ2) is 7.43. The Kier molecular flexibility index (Phi) is 5.09. The lowest BCUT2D eigenvalue weighted by molar-refractivity contribution is -0.127. The number of piperidine rings is 1. The fourth-order valence-electron chi connectivity index (χ4n) is 3.45. The van der Waals surface area contributed by atoms with Crippen LogP contribution in [0.15, 0.2) is 30.3 Å². The van der Waals surface area contributed by atoms with Crippen LogP contribution < -0.4 is 0 Å². The van der Waals surface area contributed by atoms with Crippen molar-refractivity contribution in [3.63, 3.8) is 0 Å². The number of nitrogens with zero attached hydrogens (tertiary/aromatic N) is 2. The van der Waals surface area contributed by atoms with Crippen molar-refractivity contribution in [2.24, 2.45) is 5.92 Å². The molecule has 23 heavy (non-hydrogen) atoms. The number of hydrogen-bond acceptors (Lipinski definition) is 3. The van der Waals surface area contributed by atoms with Gasteiger partial charge in [0, 0.05) is 25.8 Å². The number of ether oxygens (including phenoxy) is 1. The van der Waals surface area contributed by atoms with Gasteiger partial charge in [-0.15, -0.1) is 0 Å². The molecule has 2 aliphatic rings. The van der Waals surface area contributed by atoms with Crippen LogP contribution in [0.25, 0.3) is 6.08 Å². The van der Waals surface area contributed by atoms with Gasteiger partial charge in [-0.2, -0.15) is 5.26 Å². The molecule has 2 saturated heterocycles. The van der Waals surface area contributed by atoms with Crippen molar-refractivity contribution in [3.8, 4) is 6.07 Å². The van der Waals surface area contributed by atoms with Gasteiger partial charge in [-0.3, -0.25) is 4.79 Å². The van der Waals surface area contributed by atoms with E-state index in [1.807, 2.05) is 17.0 Å². The fraction of sp³-hybridized carbons (Fsp3) is 0.474. The van der Waals surface area contributed by atoms with E-state index in [-0.39, 0.29) is 5.91 Å². The minimum Gasteiger partial charge on any atom is -0.378 e. The SMILES string of the molecule is N#Cc1cccc(/C=C/C(=O)N2CCC(C3CCCO3)CC2)c1. The molecule has 0 aromatic heterocycles. The van der Waals surface area contributed by atoms with Gasteiger partial charge < -0.3 is 9.64 Å². The van der Waals surface area contributed by atoms with E-state index in [2.05, 4.69) is 6.07 Å². The Bertz CT molecular complexity index is 619. The van der Waals surface area contributed by atoms with E-state index in [1.165, 1.54) is 12.8 Å². The fourth-order valence-corrected chi connectivity index (χ4v) is 3.45. The molecule has 2 aliphatic heterocycles. The lowest BCUT2D eigenvalue weighted by atomic mass is 9.90. The van der Waals surface area contributed by atoms with Crippen LogP contribution in [-0.2, 0) is 9.53 Å². The average Bonchev–Trinajstić information content (AvgIpc) is 3.14. The predicted molar refractivity (Wildman–Crippen MR) is 88.5 cm³/mol. The van der Waals surface area contributed by atoms with Crippen LogP contribution in [0.4, 0.5) is 0 Å². The molecule has 1 aromatic carbocycles. The molecule has 0 spiro atoms. The number of amides is 1. The van der Waals surface area contributed by atoms with Gasteiger partial charge in [0.15, 0.2) is 0 Å². The number of carbonyl (C=O) groups excluding carboxylic acids is 1. The Labute approximate surface area is 137 Å². The van der Waals surface area contributed by atoms with E-state index >= 15 is 0 Å². The summed E-state index contributed by atoms with van der Waals surface area (Å²) in [6, 6.07) is 9.38. The Morgan fingerprint density at radius 3 is 2.83 bits per heavy atom. The molecule has 4 nitrogen and oxygen atoms in total. The summed E-state index contributed by atoms with van der Waals surface area (Å²) in [5, 5.41) is 8.90. The van der Waals surface area contributed by atoms with E-state index in [4.69, 9.17) is 10.00 Å². The standard InChI is InChI=1S/C19H22N2O2/c20-14-16-4-1-3-15(13-16)6-7-19(22)21-10-8-17(9-11-21)18-5-2-12-23-18/h1,3-4,6-7,13,17-18H,2,5,8-12H2/b7-6+. The zero-order valence-corrected chi connectivity index (χ0v) is 13.3. The van der Waals surface area contributed by atoms with Gasteiger partial charge in [-0.05, 0) is 55.4 Å². The summed E-state index contributed by atoms with van der Waals surface area (Å²) >= 11 is 0. The van der Waals surface area contributed by atoms with Gasteiger partial charge >= 0.3 is 0 Å². The van der Waals surface area contributed by atoms with Gasteiger partial charge in [0.2, 0.25) is 5.91 Å². The topological polar surface area (TPSA) is 53.3 Å². The molecule has 2 heterocycles. The van der Waals surface area contributed by atoms with Crippen LogP contribution >= 0.6 is 0 Å². The van der Waals surface area contributed by atoms with Gasteiger partial charge in [-0.25, -0.2) is 0 Å². The first-order valence-electron chi connectivity index (χ1n) is 8.35. The number of carbonyl (C=O) groups is 1. The third-order valence-corrected chi connectivity index (χ3v) is 4.78. The van der Waals surface area contributed by atoms with Crippen molar-refractivity contribution >= 4 is 12.0 Å². The highest BCUT2D eigenvalue weighted by Crippen LogP contribution is 2.28. The van der Waals surface area contributed by atoms with E-state index in [0.717, 1.165) is 38.1 Å². The number of benzene rings is 1. The maximum absolute atomic E-state index is 12.3. The van der Waals surface area contributed by atoms with Crippen molar-refractivity contribution in [2.75, 3.05) is 19.7 Å². The van der Waals surface area contributed by atoms with Gasteiger partial charge in [-0.1, -0.05) is 12.1 Å². The smallest absolute Gasteiger partial charge is 0.246 e. The maximum Gasteiger partial charge on any atom is 0.246 e. The summed E-state index contributed by atoms with van der Waals surface area (Å²) in [6.07, 6.45) is 8.24. The normalized spacial score (nSPS) is 22.4. The molecule has 1 amide bonds. The minimum atomic E-state index is 0.0538. The first-order valence-corrected chi connectivity index (χ1v) is 8.35. The van der Waals surface area contributed by atoms with E-state index in [0.29, 0.717) is 17.6 Å². The summed E-state index contributed by atoms with van der Waals surface area (Å²) in [4.78, 5) is 14.2. The molecule has 0 aliphatic carbocycles. The van der Waals surface area contributed by atoms with Crippen molar-refractivity contribution in [1.82, 2.24) is 4.90 Å². The number of rotatable bonds is 3. The molecule has 3 rings (SSSR count). The quantitative estimate of drug-likeness (QED) is 0.807. The van der Waals surface area contributed by atoms with Crippen LogP contribution in [0.2, 0.25) is 0 Å². The van der Waals surface area contributed by atoms with Gasteiger partial charge in [0.1, 0.15) is 0 Å². The summed E-state index contributed by atoms with van der Waals surface area (Å²) in [5.74, 6) is 0.663. The van der Waals surface area contributed by atoms with Gasteiger partial charge in [0.05, 0.1) is 17.7 Å². The highest BCUT2D eigenvalue weighted by atomic mass is 16.5. The molecule has 4 heteroatoms. The largest absolute Gasteiger partial charge is 0.378 e. The van der Waals surface area contributed by atoms with E-state index in [9.17, 15) is 4.79 Å².